The second kappa shape index (κ2) is 9.31. The van der Waals surface area contributed by atoms with Gasteiger partial charge in [-0.1, -0.05) is 11.8 Å². The lowest BCUT2D eigenvalue weighted by Gasteiger charge is -2.08. The van der Waals surface area contributed by atoms with E-state index in [-0.39, 0.29) is 23.3 Å². The fourth-order valence-corrected chi connectivity index (χ4v) is 4.02. The van der Waals surface area contributed by atoms with E-state index in [1.807, 2.05) is 17.7 Å². The first kappa shape index (κ1) is 21.7. The lowest BCUT2D eigenvalue weighted by Crippen LogP contribution is -2.14. The van der Waals surface area contributed by atoms with E-state index in [0.717, 1.165) is 11.1 Å². The van der Waals surface area contributed by atoms with Crippen molar-refractivity contribution in [3.63, 3.8) is 0 Å². The lowest BCUT2D eigenvalue weighted by atomic mass is 10.1. The first-order chi connectivity index (χ1) is 15.4. The molecule has 0 aliphatic heterocycles. The minimum Gasteiger partial charge on any atom is -0.325 e. The van der Waals surface area contributed by atoms with Crippen molar-refractivity contribution >= 4 is 23.4 Å². The molecule has 1 N–H and O–H groups in total. The zero-order chi connectivity index (χ0) is 22.7. The highest BCUT2D eigenvalue weighted by atomic mass is 32.2. The van der Waals surface area contributed by atoms with Gasteiger partial charge in [-0.2, -0.15) is 5.10 Å². The number of halogens is 2. The van der Waals surface area contributed by atoms with Crippen LogP contribution in [0.5, 0.6) is 0 Å². The molecule has 164 valence electrons. The molecule has 0 aliphatic carbocycles. The average molecular weight is 455 g/mol. The standard InChI is InChI=1S/C22H20F2N6OS/c1-3-30-21(18-12-29(2)28-20(18)14-4-6-15(23)7-5-14)26-27-22(30)32-13-19(31)25-17-10-8-16(24)9-11-17/h4-12H,3,13H2,1-2H3,(H,25,31). The number of hydrogen-bond donors (Lipinski definition) is 1. The maximum absolute atomic E-state index is 13.4. The van der Waals surface area contributed by atoms with Crippen molar-refractivity contribution in [2.45, 2.75) is 18.6 Å². The van der Waals surface area contributed by atoms with Gasteiger partial charge >= 0.3 is 0 Å². The van der Waals surface area contributed by atoms with Crippen LogP contribution in [-0.4, -0.2) is 36.2 Å². The summed E-state index contributed by atoms with van der Waals surface area (Å²) in [6, 6.07) is 11.7. The highest BCUT2D eigenvalue weighted by Crippen LogP contribution is 2.32. The van der Waals surface area contributed by atoms with E-state index in [4.69, 9.17) is 0 Å². The van der Waals surface area contributed by atoms with Gasteiger partial charge in [-0.25, -0.2) is 8.78 Å². The van der Waals surface area contributed by atoms with Gasteiger partial charge in [0.2, 0.25) is 5.91 Å². The molecular formula is C22H20F2N6OS. The van der Waals surface area contributed by atoms with E-state index in [0.29, 0.717) is 28.9 Å². The van der Waals surface area contributed by atoms with E-state index in [2.05, 4.69) is 20.6 Å². The number of nitrogens with one attached hydrogen (secondary N) is 1. The van der Waals surface area contributed by atoms with Crippen molar-refractivity contribution in [1.82, 2.24) is 24.5 Å². The van der Waals surface area contributed by atoms with Gasteiger partial charge in [-0.05, 0) is 55.5 Å². The van der Waals surface area contributed by atoms with E-state index < -0.39 is 0 Å². The maximum Gasteiger partial charge on any atom is 0.234 e. The second-order valence-electron chi connectivity index (χ2n) is 6.97. The summed E-state index contributed by atoms with van der Waals surface area (Å²) in [6.45, 7) is 2.55. The Hall–Kier alpha value is -3.53. The van der Waals surface area contributed by atoms with Crippen molar-refractivity contribution in [1.29, 1.82) is 0 Å². The Morgan fingerprint density at radius 3 is 2.34 bits per heavy atom. The number of nitrogens with zero attached hydrogens (tertiary/aromatic N) is 5. The molecule has 0 saturated carbocycles. The van der Waals surface area contributed by atoms with Gasteiger partial charge in [-0.15, -0.1) is 10.2 Å². The molecule has 0 atom stereocenters. The molecule has 0 radical (unpaired) electrons. The number of carbonyl (C=O) groups excluding carboxylic acids is 1. The average Bonchev–Trinajstić information content (AvgIpc) is 3.37. The number of hydrogen-bond acceptors (Lipinski definition) is 5. The molecule has 0 spiro atoms. The van der Waals surface area contributed by atoms with E-state index in [9.17, 15) is 13.6 Å². The molecule has 0 unspecified atom stereocenters. The number of aryl methyl sites for hydroxylation is 1. The first-order valence-electron chi connectivity index (χ1n) is 9.86. The zero-order valence-corrected chi connectivity index (χ0v) is 18.2. The lowest BCUT2D eigenvalue weighted by molar-refractivity contribution is -0.113. The highest BCUT2D eigenvalue weighted by molar-refractivity contribution is 7.99. The van der Waals surface area contributed by atoms with Crippen molar-refractivity contribution < 1.29 is 13.6 Å². The van der Waals surface area contributed by atoms with Gasteiger partial charge in [0.25, 0.3) is 0 Å². The van der Waals surface area contributed by atoms with E-state index >= 15 is 0 Å². The van der Waals surface area contributed by atoms with Crippen LogP contribution in [0.1, 0.15) is 6.92 Å². The Bertz CT molecular complexity index is 1230. The summed E-state index contributed by atoms with van der Waals surface area (Å²) in [5.74, 6) is -0.187. The third-order valence-electron chi connectivity index (χ3n) is 4.68. The molecule has 7 nitrogen and oxygen atoms in total. The second-order valence-corrected chi connectivity index (χ2v) is 7.91. The van der Waals surface area contributed by atoms with Gasteiger partial charge in [0.1, 0.15) is 17.3 Å². The fourth-order valence-electron chi connectivity index (χ4n) is 3.21. The van der Waals surface area contributed by atoms with Crippen molar-refractivity contribution in [2.24, 2.45) is 7.05 Å². The molecule has 2 aromatic carbocycles. The number of benzene rings is 2. The molecule has 0 saturated heterocycles. The Morgan fingerprint density at radius 2 is 1.69 bits per heavy atom. The summed E-state index contributed by atoms with van der Waals surface area (Å²) < 4.78 is 29.9. The topological polar surface area (TPSA) is 77.6 Å². The van der Waals surface area contributed by atoms with Crippen LogP contribution in [0.25, 0.3) is 22.6 Å². The number of amides is 1. The van der Waals surface area contributed by atoms with Crippen LogP contribution in [0.2, 0.25) is 0 Å². The molecule has 4 rings (SSSR count). The quantitative estimate of drug-likeness (QED) is 0.420. The molecule has 0 aliphatic rings. The number of thioether (sulfide) groups is 1. The summed E-state index contributed by atoms with van der Waals surface area (Å²) in [5.41, 5.74) is 2.71. The number of carbonyl (C=O) groups is 1. The number of rotatable bonds is 7. The van der Waals surface area contributed by atoms with Gasteiger partial charge in [-0.3, -0.25) is 9.48 Å². The molecular weight excluding hydrogens is 434 g/mol. The van der Waals surface area contributed by atoms with Crippen LogP contribution in [0.4, 0.5) is 14.5 Å². The largest absolute Gasteiger partial charge is 0.325 e. The third kappa shape index (κ3) is 4.70. The smallest absolute Gasteiger partial charge is 0.234 e. The Balaban J connectivity index is 1.54. The minimum absolute atomic E-state index is 0.118. The van der Waals surface area contributed by atoms with Crippen molar-refractivity contribution in [3.05, 3.63) is 66.4 Å². The summed E-state index contributed by atoms with van der Waals surface area (Å²) in [7, 11) is 1.80. The van der Waals surface area contributed by atoms with Crippen molar-refractivity contribution in [3.8, 4) is 22.6 Å². The van der Waals surface area contributed by atoms with Gasteiger partial charge in [0, 0.05) is 31.0 Å². The van der Waals surface area contributed by atoms with Gasteiger partial charge < -0.3 is 9.88 Å². The zero-order valence-electron chi connectivity index (χ0n) is 17.4. The van der Waals surface area contributed by atoms with Crippen LogP contribution in [0.3, 0.4) is 0 Å². The third-order valence-corrected chi connectivity index (χ3v) is 5.65. The normalized spacial score (nSPS) is 11.0. The van der Waals surface area contributed by atoms with Crippen molar-refractivity contribution in [2.75, 3.05) is 11.1 Å². The van der Waals surface area contributed by atoms with Crippen LogP contribution < -0.4 is 5.32 Å². The molecule has 10 heteroatoms. The molecule has 32 heavy (non-hydrogen) atoms. The summed E-state index contributed by atoms with van der Waals surface area (Å²) in [5, 5.41) is 16.4. The first-order valence-corrected chi connectivity index (χ1v) is 10.8. The maximum atomic E-state index is 13.4. The summed E-state index contributed by atoms with van der Waals surface area (Å²) in [6.07, 6.45) is 1.84. The number of aromatic nitrogens is 5. The molecule has 0 fully saturated rings. The summed E-state index contributed by atoms with van der Waals surface area (Å²) in [4.78, 5) is 12.3. The van der Waals surface area contributed by atoms with Crippen LogP contribution in [-0.2, 0) is 18.4 Å². The van der Waals surface area contributed by atoms with Gasteiger partial charge in [0.05, 0.1) is 11.3 Å². The fraction of sp³-hybridized carbons (Fsp3) is 0.182. The summed E-state index contributed by atoms with van der Waals surface area (Å²) >= 11 is 1.25. The highest BCUT2D eigenvalue weighted by Gasteiger charge is 2.20. The van der Waals surface area contributed by atoms with E-state index in [1.165, 1.54) is 48.2 Å². The SMILES string of the molecule is CCn1c(SCC(=O)Nc2ccc(F)cc2)nnc1-c1cn(C)nc1-c1ccc(F)cc1. The Kier molecular flexibility index (Phi) is 6.31. The molecule has 0 bridgehead atoms. The molecule has 4 aromatic rings. The minimum atomic E-state index is -0.364. The van der Waals surface area contributed by atoms with Crippen LogP contribution >= 0.6 is 11.8 Å². The van der Waals surface area contributed by atoms with Gasteiger partial charge in [0.15, 0.2) is 11.0 Å². The Labute approximate surface area is 187 Å². The molecule has 2 aromatic heterocycles. The predicted molar refractivity (Wildman–Crippen MR) is 119 cm³/mol. The monoisotopic (exact) mass is 454 g/mol. The predicted octanol–water partition coefficient (Wildman–Crippen LogP) is 4.37. The van der Waals surface area contributed by atoms with E-state index in [1.54, 1.807) is 23.9 Å². The molecule has 2 heterocycles. The van der Waals surface area contributed by atoms with Crippen LogP contribution in [0.15, 0.2) is 59.9 Å². The van der Waals surface area contributed by atoms with Crippen LogP contribution in [0, 0.1) is 11.6 Å². The number of anilines is 1. The Morgan fingerprint density at radius 1 is 1.03 bits per heavy atom. The molecule has 1 amide bonds.